The molecule has 0 bridgehead atoms. The van der Waals surface area contributed by atoms with Gasteiger partial charge in [0.15, 0.2) is 9.84 Å². The Morgan fingerprint density at radius 3 is 2.76 bits per heavy atom. The predicted octanol–water partition coefficient (Wildman–Crippen LogP) is 3.26. The van der Waals surface area contributed by atoms with Crippen LogP contribution >= 0.6 is 11.6 Å². The van der Waals surface area contributed by atoms with E-state index in [1.807, 2.05) is 0 Å². The van der Waals surface area contributed by atoms with Crippen LogP contribution in [-0.4, -0.2) is 27.2 Å². The number of sulfone groups is 1. The van der Waals surface area contributed by atoms with Crippen LogP contribution in [-0.2, 0) is 14.6 Å². The molecule has 0 amide bonds. The third-order valence-electron chi connectivity index (χ3n) is 3.39. The van der Waals surface area contributed by atoms with Crippen molar-refractivity contribution < 1.29 is 17.9 Å². The number of hydrogen-bond acceptors (Lipinski definition) is 4. The standard InChI is InChI=1S/C15H17ClO4S/c1-21(18,19)14-9-12(7-8-13(14)16)15(17)20-10-11-5-3-2-4-6-11/h2-3,7-9,11H,4-6,10H2,1H3. The second kappa shape index (κ2) is 6.62. The zero-order chi connectivity index (χ0) is 15.5. The highest BCUT2D eigenvalue weighted by atomic mass is 35.5. The molecule has 1 aromatic carbocycles. The van der Waals surface area contributed by atoms with Crippen molar-refractivity contribution in [2.45, 2.75) is 24.2 Å². The molecule has 0 heterocycles. The number of halogens is 1. The molecule has 0 spiro atoms. The van der Waals surface area contributed by atoms with Crippen molar-refractivity contribution in [2.75, 3.05) is 12.9 Å². The molecule has 21 heavy (non-hydrogen) atoms. The normalized spacial score (nSPS) is 18.5. The smallest absolute Gasteiger partial charge is 0.338 e. The molecule has 1 aromatic rings. The molecule has 1 aliphatic carbocycles. The molecular formula is C15H17ClO4S. The van der Waals surface area contributed by atoms with E-state index < -0.39 is 15.8 Å². The van der Waals surface area contributed by atoms with Gasteiger partial charge in [0, 0.05) is 6.26 Å². The minimum absolute atomic E-state index is 0.0563. The van der Waals surface area contributed by atoms with Crippen molar-refractivity contribution in [1.29, 1.82) is 0 Å². The highest BCUT2D eigenvalue weighted by Gasteiger charge is 2.18. The van der Waals surface area contributed by atoms with Gasteiger partial charge in [-0.3, -0.25) is 0 Å². The van der Waals surface area contributed by atoms with E-state index in [-0.39, 0.29) is 15.5 Å². The van der Waals surface area contributed by atoms with Gasteiger partial charge in [-0.1, -0.05) is 23.8 Å². The second-order valence-electron chi connectivity index (χ2n) is 5.17. The number of allylic oxidation sites excluding steroid dienone is 2. The Hall–Kier alpha value is -1.33. The topological polar surface area (TPSA) is 60.4 Å². The largest absolute Gasteiger partial charge is 0.462 e. The zero-order valence-electron chi connectivity index (χ0n) is 11.7. The molecule has 0 aromatic heterocycles. The van der Waals surface area contributed by atoms with Gasteiger partial charge >= 0.3 is 5.97 Å². The first-order chi connectivity index (χ1) is 9.88. The van der Waals surface area contributed by atoms with Crippen molar-refractivity contribution in [3.05, 3.63) is 40.9 Å². The summed E-state index contributed by atoms with van der Waals surface area (Å²) in [6.45, 7) is 0.347. The van der Waals surface area contributed by atoms with E-state index in [1.165, 1.54) is 18.2 Å². The maximum Gasteiger partial charge on any atom is 0.338 e. The van der Waals surface area contributed by atoms with Crippen LogP contribution in [0.2, 0.25) is 5.02 Å². The van der Waals surface area contributed by atoms with Gasteiger partial charge in [-0.05, 0) is 43.4 Å². The van der Waals surface area contributed by atoms with Crippen LogP contribution in [0.4, 0.5) is 0 Å². The van der Waals surface area contributed by atoms with E-state index in [1.54, 1.807) is 0 Å². The summed E-state index contributed by atoms with van der Waals surface area (Å²) in [4.78, 5) is 11.9. The van der Waals surface area contributed by atoms with Crippen molar-refractivity contribution >= 4 is 27.4 Å². The van der Waals surface area contributed by atoms with Crippen molar-refractivity contribution in [1.82, 2.24) is 0 Å². The second-order valence-corrected chi connectivity index (χ2v) is 7.56. The molecule has 0 aliphatic heterocycles. The van der Waals surface area contributed by atoms with Gasteiger partial charge < -0.3 is 4.74 Å². The number of hydrogen-bond donors (Lipinski definition) is 0. The first-order valence-corrected chi connectivity index (χ1v) is 8.96. The lowest BCUT2D eigenvalue weighted by Crippen LogP contribution is -2.15. The Morgan fingerprint density at radius 2 is 2.14 bits per heavy atom. The lowest BCUT2D eigenvalue weighted by atomic mass is 9.95. The van der Waals surface area contributed by atoms with Gasteiger partial charge in [0.25, 0.3) is 0 Å². The Balaban J connectivity index is 2.07. The van der Waals surface area contributed by atoms with Crippen molar-refractivity contribution in [2.24, 2.45) is 5.92 Å². The number of carbonyl (C=O) groups excluding carboxylic acids is 1. The van der Waals surface area contributed by atoms with E-state index in [4.69, 9.17) is 16.3 Å². The number of carbonyl (C=O) groups is 1. The first-order valence-electron chi connectivity index (χ1n) is 6.69. The van der Waals surface area contributed by atoms with Crippen LogP contribution in [0.1, 0.15) is 29.6 Å². The lowest BCUT2D eigenvalue weighted by Gasteiger charge is -2.17. The summed E-state index contributed by atoms with van der Waals surface area (Å²) < 4.78 is 28.4. The molecule has 0 radical (unpaired) electrons. The predicted molar refractivity (Wildman–Crippen MR) is 81.3 cm³/mol. The van der Waals surface area contributed by atoms with E-state index >= 15 is 0 Å². The highest BCUT2D eigenvalue weighted by molar-refractivity contribution is 7.90. The molecule has 0 saturated carbocycles. The Morgan fingerprint density at radius 1 is 1.38 bits per heavy atom. The Kier molecular flexibility index (Phi) is 5.06. The minimum Gasteiger partial charge on any atom is -0.462 e. The van der Waals surface area contributed by atoms with E-state index in [9.17, 15) is 13.2 Å². The van der Waals surface area contributed by atoms with Crippen LogP contribution < -0.4 is 0 Å². The van der Waals surface area contributed by atoms with E-state index in [2.05, 4.69) is 12.2 Å². The van der Waals surface area contributed by atoms with Gasteiger partial charge in [0.05, 0.1) is 22.1 Å². The lowest BCUT2D eigenvalue weighted by molar-refractivity contribution is 0.0432. The van der Waals surface area contributed by atoms with Gasteiger partial charge in [-0.2, -0.15) is 0 Å². The third-order valence-corrected chi connectivity index (χ3v) is 4.97. The molecule has 114 valence electrons. The average Bonchev–Trinajstić information content (AvgIpc) is 2.45. The summed E-state index contributed by atoms with van der Waals surface area (Å²) in [6.07, 6.45) is 8.17. The quantitative estimate of drug-likeness (QED) is 0.628. The average molecular weight is 329 g/mol. The van der Waals surface area contributed by atoms with Crippen LogP contribution in [0, 0.1) is 5.92 Å². The molecule has 0 saturated heterocycles. The highest BCUT2D eigenvalue weighted by Crippen LogP contribution is 2.23. The molecule has 2 rings (SSSR count). The first kappa shape index (κ1) is 16.0. The summed E-state index contributed by atoms with van der Waals surface area (Å²) in [5.41, 5.74) is 0.200. The number of esters is 1. The van der Waals surface area contributed by atoms with Crippen molar-refractivity contribution in [3.8, 4) is 0 Å². The van der Waals surface area contributed by atoms with Crippen LogP contribution in [0.25, 0.3) is 0 Å². The summed E-state index contributed by atoms with van der Waals surface area (Å²) >= 11 is 5.85. The summed E-state index contributed by atoms with van der Waals surface area (Å²) in [6, 6.07) is 4.14. The summed E-state index contributed by atoms with van der Waals surface area (Å²) in [7, 11) is -3.47. The number of ether oxygens (including phenoxy) is 1. The third kappa shape index (κ3) is 4.32. The summed E-state index contributed by atoms with van der Waals surface area (Å²) in [5.74, 6) is -0.188. The van der Waals surface area contributed by atoms with Crippen LogP contribution in [0.15, 0.2) is 35.2 Å². The number of rotatable bonds is 4. The zero-order valence-corrected chi connectivity index (χ0v) is 13.3. The van der Waals surface area contributed by atoms with Gasteiger partial charge in [-0.15, -0.1) is 0 Å². The van der Waals surface area contributed by atoms with E-state index in [0.29, 0.717) is 12.5 Å². The maximum absolute atomic E-state index is 12.0. The fourth-order valence-electron chi connectivity index (χ4n) is 2.20. The van der Waals surface area contributed by atoms with Crippen LogP contribution in [0.3, 0.4) is 0 Å². The molecule has 4 nitrogen and oxygen atoms in total. The SMILES string of the molecule is CS(=O)(=O)c1cc(C(=O)OCC2CC=CCC2)ccc1Cl. The number of benzene rings is 1. The Bertz CT molecular complexity index is 664. The monoisotopic (exact) mass is 328 g/mol. The molecule has 0 fully saturated rings. The van der Waals surface area contributed by atoms with Gasteiger partial charge in [0.2, 0.25) is 0 Å². The fraction of sp³-hybridized carbons (Fsp3) is 0.400. The Labute approximate surface area is 129 Å². The molecule has 1 unspecified atom stereocenters. The van der Waals surface area contributed by atoms with E-state index in [0.717, 1.165) is 25.5 Å². The summed E-state index contributed by atoms with van der Waals surface area (Å²) in [5, 5.41) is 0.103. The molecular weight excluding hydrogens is 312 g/mol. The molecule has 0 N–H and O–H groups in total. The molecule has 1 atom stereocenters. The minimum atomic E-state index is -3.47. The van der Waals surface area contributed by atoms with Crippen LogP contribution in [0.5, 0.6) is 0 Å². The van der Waals surface area contributed by atoms with Crippen molar-refractivity contribution in [3.63, 3.8) is 0 Å². The fourth-order valence-corrected chi connectivity index (χ4v) is 3.50. The molecule has 1 aliphatic rings. The molecule has 6 heteroatoms. The maximum atomic E-state index is 12.0. The van der Waals surface area contributed by atoms with Gasteiger partial charge in [-0.25, -0.2) is 13.2 Å². The van der Waals surface area contributed by atoms with Gasteiger partial charge in [0.1, 0.15) is 0 Å².